The number of halogens is 2. The number of benzene rings is 3. The second kappa shape index (κ2) is 12.2. The molecule has 0 saturated carbocycles. The number of ether oxygens (including phenoxy) is 3. The van der Waals surface area contributed by atoms with E-state index in [1.807, 2.05) is 59.2 Å². The second-order valence-electron chi connectivity index (χ2n) is 8.72. The molecule has 40 heavy (non-hydrogen) atoms. The van der Waals surface area contributed by atoms with Crippen LogP contribution in [-0.4, -0.2) is 41.1 Å². The average molecular weight is 594 g/mol. The van der Waals surface area contributed by atoms with Gasteiger partial charge in [-0.05, 0) is 48.0 Å². The summed E-state index contributed by atoms with van der Waals surface area (Å²) in [6.07, 6.45) is 1.83. The number of thioether (sulfide) groups is 1. The van der Waals surface area contributed by atoms with Crippen molar-refractivity contribution in [3.63, 3.8) is 0 Å². The molecule has 0 aliphatic rings. The molecule has 0 unspecified atom stereocenters. The minimum atomic E-state index is 0.516. The van der Waals surface area contributed by atoms with Crippen LogP contribution in [0.4, 0.5) is 0 Å². The van der Waals surface area contributed by atoms with Gasteiger partial charge in [0.1, 0.15) is 0 Å². The molecular formula is C30H26Cl2N4O3S. The van der Waals surface area contributed by atoms with Crippen LogP contribution in [0.25, 0.3) is 33.5 Å². The molecule has 0 fully saturated rings. The van der Waals surface area contributed by atoms with Crippen molar-refractivity contribution in [2.75, 3.05) is 21.3 Å². The van der Waals surface area contributed by atoms with Crippen molar-refractivity contribution >= 4 is 45.9 Å². The third-order valence-corrected chi connectivity index (χ3v) is 7.93. The third-order valence-electron chi connectivity index (χ3n) is 6.31. The summed E-state index contributed by atoms with van der Waals surface area (Å²) >= 11 is 14.1. The van der Waals surface area contributed by atoms with Gasteiger partial charge in [-0.15, -0.1) is 16.8 Å². The van der Waals surface area contributed by atoms with Crippen molar-refractivity contribution in [1.29, 1.82) is 0 Å². The summed E-state index contributed by atoms with van der Waals surface area (Å²) in [6.45, 7) is 4.48. The van der Waals surface area contributed by atoms with Gasteiger partial charge in [-0.25, -0.2) is 4.98 Å². The zero-order valence-corrected chi connectivity index (χ0v) is 24.5. The fourth-order valence-corrected chi connectivity index (χ4v) is 5.82. The van der Waals surface area contributed by atoms with E-state index in [0.717, 1.165) is 38.4 Å². The van der Waals surface area contributed by atoms with Gasteiger partial charge < -0.3 is 14.2 Å². The van der Waals surface area contributed by atoms with Crippen LogP contribution in [-0.2, 0) is 12.3 Å². The first-order valence-corrected chi connectivity index (χ1v) is 14.0. The number of allylic oxidation sites excluding steroid dienone is 1. The number of hydrogen-bond acceptors (Lipinski definition) is 7. The lowest BCUT2D eigenvalue weighted by atomic mass is 10.0. The molecular weight excluding hydrogens is 567 g/mol. The van der Waals surface area contributed by atoms with E-state index >= 15 is 0 Å². The summed E-state index contributed by atoms with van der Waals surface area (Å²) < 4.78 is 18.7. The van der Waals surface area contributed by atoms with E-state index in [2.05, 4.69) is 16.8 Å². The van der Waals surface area contributed by atoms with E-state index in [0.29, 0.717) is 45.4 Å². The van der Waals surface area contributed by atoms with E-state index in [9.17, 15) is 0 Å². The van der Waals surface area contributed by atoms with Crippen LogP contribution < -0.4 is 14.2 Å². The molecule has 5 rings (SSSR count). The van der Waals surface area contributed by atoms with Gasteiger partial charge in [-0.2, -0.15) is 0 Å². The van der Waals surface area contributed by atoms with Crippen molar-refractivity contribution in [2.24, 2.45) is 0 Å². The summed E-state index contributed by atoms with van der Waals surface area (Å²) in [6, 6.07) is 19.2. The summed E-state index contributed by atoms with van der Waals surface area (Å²) in [7, 11) is 4.76. The highest BCUT2D eigenvalue weighted by molar-refractivity contribution is 7.98. The Kier molecular flexibility index (Phi) is 8.49. The van der Waals surface area contributed by atoms with Crippen molar-refractivity contribution in [2.45, 2.75) is 17.5 Å². The number of methoxy groups -OCH3 is 3. The third kappa shape index (κ3) is 5.47. The Hall–Kier alpha value is -3.72. The van der Waals surface area contributed by atoms with Crippen molar-refractivity contribution < 1.29 is 14.2 Å². The van der Waals surface area contributed by atoms with Gasteiger partial charge in [0.25, 0.3) is 0 Å². The highest BCUT2D eigenvalue weighted by Gasteiger charge is 2.20. The van der Waals surface area contributed by atoms with E-state index in [-0.39, 0.29) is 0 Å². The second-order valence-corrected chi connectivity index (χ2v) is 10.5. The van der Waals surface area contributed by atoms with Gasteiger partial charge in [-0.3, -0.25) is 4.57 Å². The molecule has 0 bridgehead atoms. The van der Waals surface area contributed by atoms with Crippen LogP contribution in [0.2, 0.25) is 10.0 Å². The average Bonchev–Trinajstić information content (AvgIpc) is 3.38. The lowest BCUT2D eigenvalue weighted by Gasteiger charge is -2.15. The van der Waals surface area contributed by atoms with Crippen molar-refractivity contribution in [3.8, 4) is 39.9 Å². The molecule has 0 radical (unpaired) electrons. The van der Waals surface area contributed by atoms with Crippen LogP contribution in [0.5, 0.6) is 17.2 Å². The molecule has 0 aliphatic carbocycles. The summed E-state index contributed by atoms with van der Waals surface area (Å²) in [5, 5.41) is 12.1. The highest BCUT2D eigenvalue weighted by atomic mass is 35.5. The minimum absolute atomic E-state index is 0.516. The minimum Gasteiger partial charge on any atom is -0.493 e. The number of nitrogens with zero attached hydrogens (tertiary/aromatic N) is 4. The van der Waals surface area contributed by atoms with Crippen LogP contribution in [0.1, 0.15) is 5.56 Å². The molecule has 0 aliphatic heterocycles. The predicted molar refractivity (Wildman–Crippen MR) is 162 cm³/mol. The van der Waals surface area contributed by atoms with E-state index in [1.54, 1.807) is 33.5 Å². The van der Waals surface area contributed by atoms with Gasteiger partial charge in [0.15, 0.2) is 22.5 Å². The maximum absolute atomic E-state index is 6.40. The first-order valence-electron chi connectivity index (χ1n) is 12.3. The molecule has 0 spiro atoms. The fourth-order valence-electron chi connectivity index (χ4n) is 4.42. The topological polar surface area (TPSA) is 71.3 Å². The molecule has 2 aromatic heterocycles. The van der Waals surface area contributed by atoms with Crippen LogP contribution >= 0.6 is 35.0 Å². The van der Waals surface area contributed by atoms with Crippen LogP contribution in [0.3, 0.4) is 0 Å². The number of rotatable bonds is 10. The first kappa shape index (κ1) is 27.8. The smallest absolute Gasteiger partial charge is 0.203 e. The number of hydrogen-bond donors (Lipinski definition) is 0. The van der Waals surface area contributed by atoms with E-state index in [1.165, 1.54) is 11.8 Å². The number of para-hydroxylation sites is 1. The molecule has 204 valence electrons. The fraction of sp³-hybridized carbons (Fsp3) is 0.167. The highest BCUT2D eigenvalue weighted by Crippen LogP contribution is 2.42. The van der Waals surface area contributed by atoms with Gasteiger partial charge >= 0.3 is 0 Å². The first-order chi connectivity index (χ1) is 19.5. The molecule has 0 amide bonds. The number of fused-ring (bicyclic) bond motifs is 1. The van der Waals surface area contributed by atoms with Crippen LogP contribution in [0, 0.1) is 0 Å². The Morgan fingerprint density at radius 2 is 1.68 bits per heavy atom. The molecule has 3 aromatic carbocycles. The Bertz CT molecular complexity index is 1680. The molecule has 0 atom stereocenters. The summed E-state index contributed by atoms with van der Waals surface area (Å²) in [5.41, 5.74) is 4.16. The summed E-state index contributed by atoms with van der Waals surface area (Å²) in [4.78, 5) is 4.95. The quantitative estimate of drug-likeness (QED) is 0.120. The lowest BCUT2D eigenvalue weighted by molar-refractivity contribution is 0.324. The Morgan fingerprint density at radius 1 is 0.925 bits per heavy atom. The van der Waals surface area contributed by atoms with Crippen molar-refractivity contribution in [1.82, 2.24) is 19.7 Å². The monoisotopic (exact) mass is 592 g/mol. The Labute approximate surface area is 246 Å². The summed E-state index contributed by atoms with van der Waals surface area (Å²) in [5.74, 6) is 2.89. The van der Waals surface area contributed by atoms with Gasteiger partial charge in [-0.1, -0.05) is 59.2 Å². The zero-order chi connectivity index (χ0) is 28.2. The Balaban J connectivity index is 1.63. The van der Waals surface area contributed by atoms with E-state index < -0.39 is 0 Å². The SMILES string of the molecule is C=CCn1c(SCc2cc(Cl)ccc2Cl)nnc1-c1cc(-c2cc(OC)c(OC)c(OC)c2)nc2ccccc12. The van der Waals surface area contributed by atoms with Gasteiger partial charge in [0.05, 0.1) is 32.5 Å². The maximum Gasteiger partial charge on any atom is 0.203 e. The molecule has 0 saturated heterocycles. The lowest BCUT2D eigenvalue weighted by Crippen LogP contribution is -2.02. The van der Waals surface area contributed by atoms with Gasteiger partial charge in [0, 0.05) is 38.9 Å². The normalized spacial score (nSPS) is 11.0. The number of pyridine rings is 1. The molecule has 10 heteroatoms. The molecule has 5 aromatic rings. The zero-order valence-electron chi connectivity index (χ0n) is 22.1. The molecule has 2 heterocycles. The van der Waals surface area contributed by atoms with Crippen molar-refractivity contribution in [3.05, 3.63) is 88.9 Å². The number of aromatic nitrogens is 4. The van der Waals surface area contributed by atoms with E-state index in [4.69, 9.17) is 42.4 Å². The standard InChI is InChI=1S/C30H26Cl2N4O3S/c1-5-12-36-29(34-35-30(36)40-17-19-13-20(31)10-11-23(19)32)22-16-25(33-24-9-7-6-8-21(22)24)18-14-26(37-2)28(39-4)27(15-18)38-3/h5-11,13-16H,1,12,17H2,2-4H3. The van der Waals surface area contributed by atoms with Gasteiger partial charge in [0.2, 0.25) is 5.75 Å². The Morgan fingerprint density at radius 3 is 2.38 bits per heavy atom. The molecule has 0 N–H and O–H groups in total. The van der Waals surface area contributed by atoms with Crippen LogP contribution in [0.15, 0.2) is 78.5 Å². The largest absolute Gasteiger partial charge is 0.493 e. The maximum atomic E-state index is 6.40. The molecule has 7 nitrogen and oxygen atoms in total. The predicted octanol–water partition coefficient (Wildman–Crippen LogP) is 7.97.